The van der Waals surface area contributed by atoms with Gasteiger partial charge in [-0.25, -0.2) is 0 Å². The minimum Gasteiger partial charge on any atom is -0.495 e. The largest absolute Gasteiger partial charge is 0.495 e. The van der Waals surface area contributed by atoms with E-state index in [1.807, 2.05) is 36.4 Å². The summed E-state index contributed by atoms with van der Waals surface area (Å²) >= 11 is 0. The van der Waals surface area contributed by atoms with Gasteiger partial charge in [0, 0.05) is 40.4 Å². The molecule has 8 heteroatoms. The maximum atomic E-state index is 5.30. The third-order valence-electron chi connectivity index (χ3n) is 5.40. The molecule has 0 fully saturated rings. The first-order valence-corrected chi connectivity index (χ1v) is 10.0. The average Bonchev–Trinajstić information content (AvgIpc) is 3.48. The van der Waals surface area contributed by atoms with Gasteiger partial charge >= 0.3 is 0 Å². The van der Waals surface area contributed by atoms with E-state index < -0.39 is 0 Å². The number of H-pyrrole nitrogens is 2. The zero-order valence-electron chi connectivity index (χ0n) is 17.1. The highest BCUT2D eigenvalue weighted by Gasteiger charge is 2.15. The highest BCUT2D eigenvalue weighted by atomic mass is 16.5. The lowest BCUT2D eigenvalue weighted by atomic mass is 10.1. The minimum absolute atomic E-state index is 0.682. The molecule has 0 saturated carbocycles. The third kappa shape index (κ3) is 2.97. The van der Waals surface area contributed by atoms with Gasteiger partial charge < -0.3 is 9.72 Å². The van der Waals surface area contributed by atoms with Crippen LogP contribution in [0.4, 0.5) is 0 Å². The number of hydrogen-bond acceptors (Lipinski definition) is 6. The van der Waals surface area contributed by atoms with E-state index in [4.69, 9.17) is 4.74 Å². The van der Waals surface area contributed by atoms with Crippen LogP contribution in [0.15, 0.2) is 73.4 Å². The predicted molar refractivity (Wildman–Crippen MR) is 122 cm³/mol. The SMILES string of the molecule is COc1cncc(-c2cc3c(-c4cc5c(-c6ccccn6)nccc5[nH]4)n[nH]c3cn2)c1. The summed E-state index contributed by atoms with van der Waals surface area (Å²) in [6.45, 7) is 0. The van der Waals surface area contributed by atoms with Crippen LogP contribution in [0.25, 0.3) is 55.8 Å². The second kappa shape index (κ2) is 7.28. The summed E-state index contributed by atoms with van der Waals surface area (Å²) < 4.78 is 5.30. The molecule has 0 unspecified atom stereocenters. The Morgan fingerprint density at radius 1 is 0.781 bits per heavy atom. The predicted octanol–water partition coefficient (Wildman–Crippen LogP) is 4.63. The molecule has 0 atom stereocenters. The lowest BCUT2D eigenvalue weighted by Crippen LogP contribution is -1.88. The molecule has 0 aliphatic heterocycles. The van der Waals surface area contributed by atoms with Crippen LogP contribution in [-0.4, -0.2) is 42.2 Å². The number of aromatic amines is 2. The van der Waals surface area contributed by atoms with Crippen LogP contribution >= 0.6 is 0 Å². The molecule has 0 bridgehead atoms. The van der Waals surface area contributed by atoms with Crippen molar-refractivity contribution in [1.82, 2.24) is 35.1 Å². The van der Waals surface area contributed by atoms with Gasteiger partial charge in [0.1, 0.15) is 11.4 Å². The molecule has 0 amide bonds. The third-order valence-corrected chi connectivity index (χ3v) is 5.40. The number of nitrogens with one attached hydrogen (secondary N) is 2. The monoisotopic (exact) mass is 419 g/mol. The van der Waals surface area contributed by atoms with Crippen molar-refractivity contribution in [2.75, 3.05) is 7.11 Å². The number of pyridine rings is 4. The van der Waals surface area contributed by atoms with E-state index in [0.717, 1.165) is 55.8 Å². The number of methoxy groups -OCH3 is 1. The molecule has 0 aliphatic rings. The van der Waals surface area contributed by atoms with E-state index >= 15 is 0 Å². The molecule has 0 saturated heterocycles. The van der Waals surface area contributed by atoms with Crippen molar-refractivity contribution in [2.24, 2.45) is 0 Å². The maximum absolute atomic E-state index is 5.30. The number of fused-ring (bicyclic) bond motifs is 2. The Kier molecular flexibility index (Phi) is 4.14. The Hall–Kier alpha value is -4.59. The highest BCUT2D eigenvalue weighted by molar-refractivity contribution is 6.00. The fraction of sp³-hybridized carbons (Fsp3) is 0.0417. The van der Waals surface area contributed by atoms with Crippen LogP contribution in [0.1, 0.15) is 0 Å². The second-order valence-corrected chi connectivity index (χ2v) is 7.32. The first kappa shape index (κ1) is 18.2. The van der Waals surface area contributed by atoms with Gasteiger partial charge in [-0.3, -0.25) is 25.0 Å². The molecule has 8 nitrogen and oxygen atoms in total. The fourth-order valence-corrected chi connectivity index (χ4v) is 3.84. The molecule has 6 aromatic rings. The summed E-state index contributed by atoms with van der Waals surface area (Å²) in [7, 11) is 1.62. The highest BCUT2D eigenvalue weighted by Crippen LogP contribution is 2.33. The van der Waals surface area contributed by atoms with E-state index in [1.165, 1.54) is 0 Å². The van der Waals surface area contributed by atoms with Crippen molar-refractivity contribution in [3.8, 4) is 39.8 Å². The smallest absolute Gasteiger partial charge is 0.137 e. The van der Waals surface area contributed by atoms with Gasteiger partial charge in [0.25, 0.3) is 0 Å². The standard InChI is InChI=1S/C24H17N7O/c1-32-15-8-14(11-25-12-15)20-9-17-22(13-28-20)30-31-24(17)21-10-16-18(29-21)5-7-27-23(16)19-4-2-3-6-26-19/h2-13,29H,1H3,(H,30,31). The Balaban J connectivity index is 1.50. The molecule has 0 spiro atoms. The summed E-state index contributed by atoms with van der Waals surface area (Å²) in [5.41, 5.74) is 6.83. The van der Waals surface area contributed by atoms with Crippen molar-refractivity contribution in [3.05, 3.63) is 73.4 Å². The van der Waals surface area contributed by atoms with Gasteiger partial charge in [0.2, 0.25) is 0 Å². The average molecular weight is 419 g/mol. The topological polar surface area (TPSA) is 105 Å². The van der Waals surface area contributed by atoms with Crippen LogP contribution in [0.3, 0.4) is 0 Å². The normalized spacial score (nSPS) is 11.3. The van der Waals surface area contributed by atoms with E-state index in [2.05, 4.69) is 41.2 Å². The van der Waals surface area contributed by atoms with Crippen molar-refractivity contribution in [1.29, 1.82) is 0 Å². The summed E-state index contributed by atoms with van der Waals surface area (Å²) in [5.74, 6) is 0.682. The first-order chi connectivity index (χ1) is 15.8. The second-order valence-electron chi connectivity index (χ2n) is 7.32. The van der Waals surface area contributed by atoms with Crippen LogP contribution in [0, 0.1) is 0 Å². The van der Waals surface area contributed by atoms with Gasteiger partial charge in [-0.2, -0.15) is 5.10 Å². The molecule has 6 aromatic heterocycles. The summed E-state index contributed by atoms with van der Waals surface area (Å²) in [4.78, 5) is 21.3. The zero-order chi connectivity index (χ0) is 21.5. The van der Waals surface area contributed by atoms with Gasteiger partial charge in [0.05, 0.1) is 47.8 Å². The molecule has 32 heavy (non-hydrogen) atoms. The number of ether oxygens (including phenoxy) is 1. The van der Waals surface area contributed by atoms with Crippen LogP contribution < -0.4 is 4.74 Å². The minimum atomic E-state index is 0.682. The molecular weight excluding hydrogens is 402 g/mol. The van der Waals surface area contributed by atoms with Crippen LogP contribution in [-0.2, 0) is 0 Å². The van der Waals surface area contributed by atoms with Crippen molar-refractivity contribution >= 4 is 21.8 Å². The Bertz CT molecular complexity index is 1570. The molecule has 6 heterocycles. The summed E-state index contributed by atoms with van der Waals surface area (Å²) in [6, 6.07) is 13.7. The molecular formula is C24H17N7O. The summed E-state index contributed by atoms with van der Waals surface area (Å²) in [5, 5.41) is 9.58. The molecule has 0 aliphatic carbocycles. The van der Waals surface area contributed by atoms with Gasteiger partial charge in [-0.15, -0.1) is 0 Å². The molecule has 2 N–H and O–H groups in total. The van der Waals surface area contributed by atoms with E-state index in [0.29, 0.717) is 5.75 Å². The Morgan fingerprint density at radius 2 is 1.72 bits per heavy atom. The summed E-state index contributed by atoms with van der Waals surface area (Å²) in [6.07, 6.45) is 8.77. The lowest BCUT2D eigenvalue weighted by molar-refractivity contribution is 0.413. The van der Waals surface area contributed by atoms with Gasteiger partial charge in [-0.1, -0.05) is 6.07 Å². The number of rotatable bonds is 4. The van der Waals surface area contributed by atoms with E-state index in [9.17, 15) is 0 Å². The molecule has 0 radical (unpaired) electrons. The van der Waals surface area contributed by atoms with Crippen molar-refractivity contribution in [3.63, 3.8) is 0 Å². The Morgan fingerprint density at radius 3 is 2.59 bits per heavy atom. The van der Waals surface area contributed by atoms with Crippen molar-refractivity contribution < 1.29 is 4.74 Å². The quantitative estimate of drug-likeness (QED) is 0.431. The zero-order valence-corrected chi connectivity index (χ0v) is 17.1. The molecule has 6 rings (SSSR count). The fourth-order valence-electron chi connectivity index (χ4n) is 3.84. The molecule has 0 aromatic carbocycles. The maximum Gasteiger partial charge on any atom is 0.137 e. The van der Waals surface area contributed by atoms with Crippen LogP contribution in [0.5, 0.6) is 5.75 Å². The van der Waals surface area contributed by atoms with Gasteiger partial charge in [0.15, 0.2) is 0 Å². The number of nitrogens with zero attached hydrogens (tertiary/aromatic N) is 5. The van der Waals surface area contributed by atoms with Gasteiger partial charge in [-0.05, 0) is 36.4 Å². The number of aromatic nitrogens is 7. The van der Waals surface area contributed by atoms with E-state index in [1.54, 1.807) is 38.1 Å². The Labute approximate surface area is 182 Å². The van der Waals surface area contributed by atoms with Crippen LogP contribution in [0.2, 0.25) is 0 Å². The molecule has 154 valence electrons. The number of hydrogen-bond donors (Lipinski definition) is 2. The van der Waals surface area contributed by atoms with Crippen molar-refractivity contribution in [2.45, 2.75) is 0 Å². The lowest BCUT2D eigenvalue weighted by Gasteiger charge is -2.04. The first-order valence-electron chi connectivity index (χ1n) is 10.0. The van der Waals surface area contributed by atoms with E-state index in [-0.39, 0.29) is 0 Å².